The van der Waals surface area contributed by atoms with Gasteiger partial charge < -0.3 is 15.3 Å². The first kappa shape index (κ1) is 12.4. The normalized spacial score (nSPS) is 18.6. The quantitative estimate of drug-likeness (QED) is 0.821. The minimum atomic E-state index is -0.833. The van der Waals surface area contributed by atoms with Crippen LogP contribution in [-0.2, 0) is 4.79 Å². The number of nitriles is 1. The van der Waals surface area contributed by atoms with E-state index in [4.69, 9.17) is 10.4 Å². The van der Waals surface area contributed by atoms with E-state index in [0.29, 0.717) is 5.56 Å². The molecule has 0 saturated carbocycles. The zero-order valence-electron chi connectivity index (χ0n) is 9.97. The first-order valence-corrected chi connectivity index (χ1v) is 5.89. The van der Waals surface area contributed by atoms with Crippen LogP contribution in [0.25, 0.3) is 0 Å². The second-order valence-electron chi connectivity index (χ2n) is 4.37. The molecule has 1 aliphatic heterocycles. The number of carbonyl (C=O) groups is 1. The van der Waals surface area contributed by atoms with Crippen molar-refractivity contribution in [2.24, 2.45) is 0 Å². The number of benzene rings is 1. The number of carboxylic acid groups (broad SMARTS) is 1. The first-order valence-electron chi connectivity index (χ1n) is 5.89. The van der Waals surface area contributed by atoms with Crippen LogP contribution < -0.4 is 10.2 Å². The lowest BCUT2D eigenvalue weighted by molar-refractivity contribution is -0.136. The second kappa shape index (κ2) is 5.52. The van der Waals surface area contributed by atoms with E-state index < -0.39 is 5.97 Å². The molecule has 0 aliphatic carbocycles. The van der Waals surface area contributed by atoms with Gasteiger partial charge in [0.25, 0.3) is 0 Å². The van der Waals surface area contributed by atoms with Gasteiger partial charge in [0.2, 0.25) is 0 Å². The van der Waals surface area contributed by atoms with Crippen molar-refractivity contribution in [2.75, 3.05) is 24.5 Å². The van der Waals surface area contributed by atoms with Crippen LogP contribution >= 0.6 is 0 Å². The Morgan fingerprint density at radius 1 is 1.61 bits per heavy atom. The Morgan fingerprint density at radius 3 is 3.17 bits per heavy atom. The van der Waals surface area contributed by atoms with Gasteiger partial charge in [0, 0.05) is 24.8 Å². The molecule has 1 fully saturated rings. The summed E-state index contributed by atoms with van der Waals surface area (Å²) in [6.45, 7) is 1.66. The van der Waals surface area contributed by atoms with Crippen LogP contribution in [0.4, 0.5) is 5.69 Å². The summed E-state index contributed by atoms with van der Waals surface area (Å²) in [4.78, 5) is 12.6. The predicted molar refractivity (Wildman–Crippen MR) is 67.4 cm³/mol. The zero-order valence-corrected chi connectivity index (χ0v) is 9.97. The smallest absolute Gasteiger partial charge is 0.317 e. The molecule has 2 rings (SSSR count). The number of anilines is 1. The van der Waals surface area contributed by atoms with Gasteiger partial charge in [-0.05, 0) is 24.6 Å². The molecule has 1 aromatic rings. The predicted octanol–water partition coefficient (Wildman–Crippen LogP) is 0.811. The van der Waals surface area contributed by atoms with E-state index in [1.165, 1.54) is 0 Å². The summed E-state index contributed by atoms with van der Waals surface area (Å²) in [7, 11) is 0. The van der Waals surface area contributed by atoms with E-state index in [1.54, 1.807) is 6.07 Å². The van der Waals surface area contributed by atoms with E-state index in [1.807, 2.05) is 18.2 Å². The molecule has 1 atom stereocenters. The lowest BCUT2D eigenvalue weighted by Crippen LogP contribution is -2.35. The fraction of sp³-hybridized carbons (Fsp3) is 0.385. The summed E-state index contributed by atoms with van der Waals surface area (Å²) in [5, 5.41) is 20.5. The number of hydrogen-bond donors (Lipinski definition) is 2. The third-order valence-corrected chi connectivity index (χ3v) is 3.07. The second-order valence-corrected chi connectivity index (χ2v) is 4.37. The van der Waals surface area contributed by atoms with Crippen molar-refractivity contribution in [2.45, 2.75) is 12.5 Å². The summed E-state index contributed by atoms with van der Waals surface area (Å²) in [5.74, 6) is -0.833. The van der Waals surface area contributed by atoms with E-state index in [-0.39, 0.29) is 12.6 Å². The third-order valence-electron chi connectivity index (χ3n) is 3.07. The monoisotopic (exact) mass is 245 g/mol. The highest BCUT2D eigenvalue weighted by Gasteiger charge is 2.22. The Kier molecular flexibility index (Phi) is 3.80. The summed E-state index contributed by atoms with van der Waals surface area (Å²) in [6.07, 6.45) is 0.921. The number of rotatable bonds is 4. The molecular formula is C13H15N3O2. The Bertz CT molecular complexity index is 481. The molecular weight excluding hydrogens is 230 g/mol. The van der Waals surface area contributed by atoms with E-state index in [2.05, 4.69) is 16.3 Å². The molecule has 5 heteroatoms. The van der Waals surface area contributed by atoms with Crippen molar-refractivity contribution in [3.63, 3.8) is 0 Å². The van der Waals surface area contributed by atoms with Crippen molar-refractivity contribution in [3.05, 3.63) is 29.8 Å². The van der Waals surface area contributed by atoms with Crippen LogP contribution in [0.15, 0.2) is 24.3 Å². The van der Waals surface area contributed by atoms with Crippen molar-refractivity contribution in [1.29, 1.82) is 5.26 Å². The lowest BCUT2D eigenvalue weighted by Gasteiger charge is -2.19. The molecule has 18 heavy (non-hydrogen) atoms. The van der Waals surface area contributed by atoms with Crippen molar-refractivity contribution in [1.82, 2.24) is 5.32 Å². The van der Waals surface area contributed by atoms with Gasteiger partial charge in [0.1, 0.15) is 0 Å². The van der Waals surface area contributed by atoms with E-state index >= 15 is 0 Å². The van der Waals surface area contributed by atoms with E-state index in [9.17, 15) is 4.79 Å². The van der Waals surface area contributed by atoms with Gasteiger partial charge in [-0.3, -0.25) is 4.79 Å². The molecule has 0 amide bonds. The Morgan fingerprint density at radius 2 is 2.44 bits per heavy atom. The number of hydrogen-bond acceptors (Lipinski definition) is 4. The summed E-state index contributed by atoms with van der Waals surface area (Å²) in [5.41, 5.74) is 1.67. The summed E-state index contributed by atoms with van der Waals surface area (Å²) < 4.78 is 0. The number of nitrogens with zero attached hydrogens (tertiary/aromatic N) is 2. The summed E-state index contributed by atoms with van der Waals surface area (Å²) >= 11 is 0. The van der Waals surface area contributed by atoms with Gasteiger partial charge in [0.15, 0.2) is 0 Å². The highest BCUT2D eigenvalue weighted by atomic mass is 16.4. The minimum absolute atomic E-state index is 0.00323. The van der Waals surface area contributed by atoms with Crippen LogP contribution in [-0.4, -0.2) is 36.8 Å². The number of aliphatic carboxylic acids is 1. The van der Waals surface area contributed by atoms with Crippen LogP contribution in [0.5, 0.6) is 0 Å². The molecule has 5 nitrogen and oxygen atoms in total. The fourth-order valence-electron chi connectivity index (χ4n) is 2.17. The van der Waals surface area contributed by atoms with Gasteiger partial charge in [0.05, 0.1) is 18.2 Å². The molecule has 1 unspecified atom stereocenters. The molecule has 0 bridgehead atoms. The summed E-state index contributed by atoms with van der Waals surface area (Å²) in [6, 6.07) is 9.80. The maximum atomic E-state index is 10.5. The van der Waals surface area contributed by atoms with Crippen LogP contribution in [0.1, 0.15) is 12.0 Å². The van der Waals surface area contributed by atoms with Crippen LogP contribution in [0, 0.1) is 11.3 Å². The van der Waals surface area contributed by atoms with Gasteiger partial charge in [-0.25, -0.2) is 0 Å². The molecule has 1 heterocycles. The Balaban J connectivity index is 1.95. The van der Waals surface area contributed by atoms with Crippen molar-refractivity contribution < 1.29 is 9.90 Å². The highest BCUT2D eigenvalue weighted by Crippen LogP contribution is 2.21. The molecule has 1 aliphatic rings. The third kappa shape index (κ3) is 2.99. The van der Waals surface area contributed by atoms with Crippen LogP contribution in [0.3, 0.4) is 0 Å². The van der Waals surface area contributed by atoms with Gasteiger partial charge in [-0.2, -0.15) is 5.26 Å². The minimum Gasteiger partial charge on any atom is -0.480 e. The average molecular weight is 245 g/mol. The first-order chi connectivity index (χ1) is 8.69. The highest BCUT2D eigenvalue weighted by molar-refractivity contribution is 5.69. The SMILES string of the molecule is N#Cc1cccc(N2CCC(NCC(=O)O)C2)c1. The maximum Gasteiger partial charge on any atom is 0.317 e. The van der Waals surface area contributed by atoms with Gasteiger partial charge in [-0.1, -0.05) is 6.07 Å². The van der Waals surface area contributed by atoms with Crippen molar-refractivity contribution >= 4 is 11.7 Å². The topological polar surface area (TPSA) is 76.4 Å². The van der Waals surface area contributed by atoms with Crippen LogP contribution in [0.2, 0.25) is 0 Å². The molecule has 94 valence electrons. The number of nitrogens with one attached hydrogen (secondary N) is 1. The van der Waals surface area contributed by atoms with Gasteiger partial charge in [-0.15, -0.1) is 0 Å². The molecule has 0 aromatic heterocycles. The zero-order chi connectivity index (χ0) is 13.0. The largest absolute Gasteiger partial charge is 0.480 e. The molecule has 0 spiro atoms. The molecule has 2 N–H and O–H groups in total. The molecule has 1 aromatic carbocycles. The number of carboxylic acids is 1. The standard InChI is InChI=1S/C13H15N3O2/c14-7-10-2-1-3-12(6-10)16-5-4-11(9-16)15-8-13(17)18/h1-3,6,11,15H,4-5,8-9H2,(H,17,18). The average Bonchev–Trinajstić information content (AvgIpc) is 2.85. The van der Waals surface area contributed by atoms with E-state index in [0.717, 1.165) is 25.2 Å². The van der Waals surface area contributed by atoms with Crippen molar-refractivity contribution in [3.8, 4) is 6.07 Å². The Hall–Kier alpha value is -2.06. The maximum absolute atomic E-state index is 10.5. The Labute approximate surface area is 106 Å². The molecule has 0 radical (unpaired) electrons. The van der Waals surface area contributed by atoms with Gasteiger partial charge >= 0.3 is 5.97 Å². The fourth-order valence-corrected chi connectivity index (χ4v) is 2.17. The molecule has 1 saturated heterocycles. The lowest BCUT2D eigenvalue weighted by atomic mass is 10.2.